The first-order chi connectivity index (χ1) is 15.8. The molecule has 0 saturated heterocycles. The number of esters is 1. The van der Waals surface area contributed by atoms with Gasteiger partial charge in [0.25, 0.3) is 0 Å². The Kier molecular flexibility index (Phi) is 11.8. The van der Waals surface area contributed by atoms with E-state index in [-0.39, 0.29) is 23.9 Å². The Morgan fingerprint density at radius 3 is 2.29 bits per heavy atom. The molecule has 0 aliphatic rings. The molecule has 3 unspecified atom stereocenters. The Morgan fingerprint density at radius 2 is 1.79 bits per heavy atom. The van der Waals surface area contributed by atoms with E-state index < -0.39 is 22.0 Å². The van der Waals surface area contributed by atoms with E-state index in [1.165, 1.54) is 7.11 Å². The lowest BCUT2D eigenvalue weighted by Crippen LogP contribution is -2.42. The van der Waals surface area contributed by atoms with E-state index in [1.807, 2.05) is 6.92 Å². The zero-order valence-electron chi connectivity index (χ0n) is 21.5. The molecule has 1 rings (SSSR count). The lowest BCUT2D eigenvalue weighted by molar-refractivity contribution is -0.142. The van der Waals surface area contributed by atoms with Gasteiger partial charge in [0.05, 0.1) is 26.1 Å². The van der Waals surface area contributed by atoms with Crippen LogP contribution in [-0.2, 0) is 30.8 Å². The summed E-state index contributed by atoms with van der Waals surface area (Å²) < 4.78 is 36.0. The normalized spacial score (nSPS) is 15.2. The first kappa shape index (κ1) is 29.7. The number of ether oxygens (including phenoxy) is 2. The number of nitrogens with zero attached hydrogens (tertiary/aromatic N) is 1. The van der Waals surface area contributed by atoms with E-state index in [2.05, 4.69) is 41.3 Å². The van der Waals surface area contributed by atoms with Crippen LogP contribution in [0.15, 0.2) is 29.3 Å². The Bertz CT molecular complexity index is 903. The third-order valence-electron chi connectivity index (χ3n) is 5.51. The molecule has 194 valence electrons. The number of methoxy groups -OCH3 is 1. The molecule has 1 aromatic rings. The summed E-state index contributed by atoms with van der Waals surface area (Å²) in [6, 6.07) is 6.24. The minimum absolute atomic E-state index is 0.0670. The van der Waals surface area contributed by atoms with Crippen molar-refractivity contribution in [2.45, 2.75) is 52.7 Å². The fourth-order valence-electron chi connectivity index (χ4n) is 3.40. The van der Waals surface area contributed by atoms with Crippen molar-refractivity contribution in [3.05, 3.63) is 29.8 Å². The van der Waals surface area contributed by atoms with Gasteiger partial charge in [-0.3, -0.25) is 14.6 Å². The van der Waals surface area contributed by atoms with Crippen LogP contribution in [-0.4, -0.2) is 66.6 Å². The molecule has 11 heteroatoms. The van der Waals surface area contributed by atoms with Gasteiger partial charge in [0, 0.05) is 14.1 Å². The molecule has 0 aliphatic carbocycles. The smallest absolute Gasteiger partial charge is 0.324 e. The zero-order chi connectivity index (χ0) is 25.9. The molecular weight excluding hydrogens is 460 g/mol. The Hall–Kier alpha value is -2.37. The summed E-state index contributed by atoms with van der Waals surface area (Å²) in [7, 11) is 1.11. The van der Waals surface area contributed by atoms with Crippen molar-refractivity contribution in [2.75, 3.05) is 34.1 Å². The van der Waals surface area contributed by atoms with E-state index in [0.29, 0.717) is 18.3 Å². The van der Waals surface area contributed by atoms with Crippen molar-refractivity contribution in [1.82, 2.24) is 15.5 Å². The second kappa shape index (κ2) is 13.5. The highest BCUT2D eigenvalue weighted by Crippen LogP contribution is 2.31. The van der Waals surface area contributed by atoms with Gasteiger partial charge in [-0.2, -0.15) is 0 Å². The first-order valence-corrected chi connectivity index (χ1v) is 13.0. The molecule has 0 bridgehead atoms. The van der Waals surface area contributed by atoms with Gasteiger partial charge in [0.1, 0.15) is 11.8 Å². The molecule has 34 heavy (non-hydrogen) atoms. The SMILES string of the molecule is CN=C(NC)NOC(C)C(C)(C)CC(C)COc1ccc(CC(NS(C)(=O)=O)C(=O)OC)cc1. The zero-order valence-corrected chi connectivity index (χ0v) is 22.3. The highest BCUT2D eigenvalue weighted by atomic mass is 32.2. The number of hydroxylamine groups is 1. The fraction of sp³-hybridized carbons (Fsp3) is 0.652. The van der Waals surface area contributed by atoms with Crippen molar-refractivity contribution in [3.63, 3.8) is 0 Å². The molecule has 0 heterocycles. The first-order valence-electron chi connectivity index (χ1n) is 11.1. The molecule has 0 amide bonds. The molecule has 0 fully saturated rings. The van der Waals surface area contributed by atoms with Gasteiger partial charge in [-0.25, -0.2) is 18.6 Å². The van der Waals surface area contributed by atoms with E-state index in [1.54, 1.807) is 38.4 Å². The number of hydrogen-bond donors (Lipinski definition) is 3. The molecule has 0 saturated carbocycles. The summed E-state index contributed by atoms with van der Waals surface area (Å²) in [6.07, 6.45) is 1.99. The highest BCUT2D eigenvalue weighted by Gasteiger charge is 2.30. The number of aliphatic imine (C=N–C) groups is 1. The van der Waals surface area contributed by atoms with Crippen LogP contribution >= 0.6 is 0 Å². The number of carbonyl (C=O) groups excluding carboxylic acids is 1. The summed E-state index contributed by atoms with van der Waals surface area (Å²) in [6.45, 7) is 8.97. The Balaban J connectivity index is 2.62. The number of carbonyl (C=O) groups is 1. The number of nitrogens with one attached hydrogen (secondary N) is 3. The van der Waals surface area contributed by atoms with Gasteiger partial charge < -0.3 is 14.8 Å². The average molecular weight is 501 g/mol. The van der Waals surface area contributed by atoms with Crippen molar-refractivity contribution in [2.24, 2.45) is 16.3 Å². The lowest BCUT2D eigenvalue weighted by atomic mass is 9.79. The van der Waals surface area contributed by atoms with Crippen molar-refractivity contribution < 1.29 is 27.5 Å². The summed E-state index contributed by atoms with van der Waals surface area (Å²) in [5, 5.41) is 2.91. The Labute approximate surface area is 203 Å². The molecule has 0 aromatic heterocycles. The van der Waals surface area contributed by atoms with Crippen LogP contribution in [0.2, 0.25) is 0 Å². The third-order valence-corrected chi connectivity index (χ3v) is 6.22. The molecule has 0 spiro atoms. The van der Waals surface area contributed by atoms with Gasteiger partial charge in [0.15, 0.2) is 0 Å². The minimum Gasteiger partial charge on any atom is -0.493 e. The second-order valence-electron chi connectivity index (χ2n) is 9.11. The summed E-state index contributed by atoms with van der Waals surface area (Å²) in [5.74, 6) is 0.891. The standard InChI is InChI=1S/C23H40N4O6S/c1-16(14-23(3,4)17(2)33-26-22(24-5)25-6)15-32-19-11-9-18(10-12-19)13-20(21(28)31-7)27-34(8,29)30/h9-12,16-17,20,27H,13-15H2,1-8H3,(H2,24,25,26). The van der Waals surface area contributed by atoms with Crippen LogP contribution in [0.3, 0.4) is 0 Å². The highest BCUT2D eigenvalue weighted by molar-refractivity contribution is 7.88. The number of sulfonamides is 1. The number of rotatable bonds is 13. The summed E-state index contributed by atoms with van der Waals surface area (Å²) in [4.78, 5) is 21.7. The van der Waals surface area contributed by atoms with Crippen LogP contribution in [0.25, 0.3) is 0 Å². The van der Waals surface area contributed by atoms with Gasteiger partial charge in [-0.1, -0.05) is 32.9 Å². The molecule has 3 N–H and O–H groups in total. The minimum atomic E-state index is -3.55. The number of guanidine groups is 1. The molecule has 3 atom stereocenters. The van der Waals surface area contributed by atoms with Crippen molar-refractivity contribution >= 4 is 22.0 Å². The predicted octanol–water partition coefficient (Wildman–Crippen LogP) is 1.87. The quantitative estimate of drug-likeness (QED) is 0.162. The van der Waals surface area contributed by atoms with Crippen LogP contribution < -0.4 is 20.3 Å². The third kappa shape index (κ3) is 10.7. The maximum atomic E-state index is 11.9. The summed E-state index contributed by atoms with van der Waals surface area (Å²) >= 11 is 0. The van der Waals surface area contributed by atoms with Gasteiger partial charge in [-0.05, 0) is 48.8 Å². The molecule has 10 nitrogen and oxygen atoms in total. The molecule has 0 radical (unpaired) electrons. The van der Waals surface area contributed by atoms with Crippen molar-refractivity contribution in [1.29, 1.82) is 0 Å². The lowest BCUT2D eigenvalue weighted by Gasteiger charge is -2.33. The number of hydrogen-bond acceptors (Lipinski definition) is 7. The second-order valence-corrected chi connectivity index (χ2v) is 10.9. The van der Waals surface area contributed by atoms with Gasteiger partial charge in [-0.15, -0.1) is 0 Å². The number of benzene rings is 1. The molecular formula is C23H40N4O6S. The largest absolute Gasteiger partial charge is 0.493 e. The monoisotopic (exact) mass is 500 g/mol. The maximum absolute atomic E-state index is 11.9. The van der Waals surface area contributed by atoms with Gasteiger partial charge >= 0.3 is 5.97 Å². The van der Waals surface area contributed by atoms with Gasteiger partial charge in [0.2, 0.25) is 16.0 Å². The summed E-state index contributed by atoms with van der Waals surface area (Å²) in [5.41, 5.74) is 3.51. The van der Waals surface area contributed by atoms with E-state index in [0.717, 1.165) is 18.2 Å². The van der Waals surface area contributed by atoms with Crippen LogP contribution in [0.1, 0.15) is 39.7 Å². The van der Waals surface area contributed by atoms with Crippen LogP contribution in [0, 0.1) is 11.3 Å². The topological polar surface area (TPSA) is 127 Å². The van der Waals surface area contributed by atoms with E-state index >= 15 is 0 Å². The van der Waals surface area contributed by atoms with Crippen LogP contribution in [0.4, 0.5) is 0 Å². The molecule has 0 aliphatic heterocycles. The van der Waals surface area contributed by atoms with Crippen molar-refractivity contribution in [3.8, 4) is 5.75 Å². The van der Waals surface area contributed by atoms with Crippen LogP contribution in [0.5, 0.6) is 5.75 Å². The Morgan fingerprint density at radius 1 is 1.18 bits per heavy atom. The van der Waals surface area contributed by atoms with E-state index in [9.17, 15) is 13.2 Å². The predicted molar refractivity (Wildman–Crippen MR) is 133 cm³/mol. The maximum Gasteiger partial charge on any atom is 0.324 e. The average Bonchev–Trinajstić information content (AvgIpc) is 2.76. The molecule has 1 aromatic carbocycles. The fourth-order valence-corrected chi connectivity index (χ4v) is 4.10. The van der Waals surface area contributed by atoms with E-state index in [4.69, 9.17) is 14.3 Å².